The van der Waals surface area contributed by atoms with E-state index >= 15 is 0 Å². The van der Waals surface area contributed by atoms with Crippen molar-refractivity contribution < 1.29 is 19.2 Å². The molecule has 25 heavy (non-hydrogen) atoms. The van der Waals surface area contributed by atoms with Crippen LogP contribution in [0.3, 0.4) is 0 Å². The van der Waals surface area contributed by atoms with Gasteiger partial charge in [0, 0.05) is 38.0 Å². The molecule has 3 amide bonds. The molecule has 7 nitrogen and oxygen atoms in total. The summed E-state index contributed by atoms with van der Waals surface area (Å²) >= 11 is 5.84. The lowest BCUT2D eigenvalue weighted by molar-refractivity contribution is -0.143. The first-order valence-electron chi connectivity index (χ1n) is 7.99. The van der Waals surface area contributed by atoms with Crippen LogP contribution in [0.2, 0.25) is 5.02 Å². The molecule has 1 aliphatic rings. The monoisotopic (exact) mass is 365 g/mol. The Labute approximate surface area is 150 Å². The molecule has 1 heterocycles. The number of carbonyl (C=O) groups excluding carboxylic acids is 4. The summed E-state index contributed by atoms with van der Waals surface area (Å²) in [6.45, 7) is 2.02. The predicted octanol–water partition coefficient (Wildman–Crippen LogP) is 0.652. The fourth-order valence-corrected chi connectivity index (χ4v) is 2.77. The SMILES string of the molecule is CC(=O)NCCNC(=O)C(=O)C1CCC(=O)N1Cc1ccc(Cl)cc1. The molecule has 134 valence electrons. The van der Waals surface area contributed by atoms with Crippen LogP contribution in [0.4, 0.5) is 0 Å². The lowest BCUT2D eigenvalue weighted by atomic mass is 10.1. The number of amides is 3. The van der Waals surface area contributed by atoms with Gasteiger partial charge in [-0.2, -0.15) is 0 Å². The Morgan fingerprint density at radius 2 is 1.80 bits per heavy atom. The molecule has 0 aliphatic carbocycles. The second-order valence-corrected chi connectivity index (χ2v) is 6.24. The van der Waals surface area contributed by atoms with E-state index in [2.05, 4.69) is 10.6 Å². The lowest BCUT2D eigenvalue weighted by Crippen LogP contribution is -2.46. The molecular weight excluding hydrogens is 346 g/mol. The minimum absolute atomic E-state index is 0.153. The highest BCUT2D eigenvalue weighted by molar-refractivity contribution is 6.38. The smallest absolute Gasteiger partial charge is 0.289 e. The topological polar surface area (TPSA) is 95.6 Å². The van der Waals surface area contributed by atoms with Gasteiger partial charge in [-0.25, -0.2) is 0 Å². The molecule has 0 bridgehead atoms. The molecule has 2 rings (SSSR count). The molecule has 2 N–H and O–H groups in total. The molecule has 1 aromatic rings. The van der Waals surface area contributed by atoms with Crippen LogP contribution in [0.5, 0.6) is 0 Å². The van der Waals surface area contributed by atoms with Gasteiger partial charge in [-0.05, 0) is 24.1 Å². The number of halogens is 1. The Hall–Kier alpha value is -2.41. The van der Waals surface area contributed by atoms with E-state index in [-0.39, 0.29) is 37.9 Å². The second kappa shape index (κ2) is 8.62. The van der Waals surface area contributed by atoms with E-state index in [0.717, 1.165) is 5.56 Å². The van der Waals surface area contributed by atoms with Gasteiger partial charge in [0.1, 0.15) is 6.04 Å². The molecule has 1 fully saturated rings. The third-order valence-corrected chi connectivity index (χ3v) is 4.16. The first-order valence-corrected chi connectivity index (χ1v) is 8.36. The molecule has 0 aromatic heterocycles. The van der Waals surface area contributed by atoms with Gasteiger partial charge in [0.15, 0.2) is 0 Å². The Morgan fingerprint density at radius 3 is 2.44 bits per heavy atom. The fraction of sp³-hybridized carbons (Fsp3) is 0.412. The number of nitrogens with one attached hydrogen (secondary N) is 2. The molecule has 1 unspecified atom stereocenters. The normalized spacial score (nSPS) is 16.6. The number of hydrogen-bond donors (Lipinski definition) is 2. The summed E-state index contributed by atoms with van der Waals surface area (Å²) in [6.07, 6.45) is 0.563. The van der Waals surface area contributed by atoms with Crippen molar-refractivity contribution in [3.63, 3.8) is 0 Å². The maximum atomic E-state index is 12.4. The summed E-state index contributed by atoms with van der Waals surface area (Å²) in [5, 5.41) is 5.57. The molecule has 1 saturated heterocycles. The van der Waals surface area contributed by atoms with Crippen molar-refractivity contribution >= 4 is 35.1 Å². The molecule has 0 radical (unpaired) electrons. The molecule has 8 heteroatoms. The van der Waals surface area contributed by atoms with Gasteiger partial charge in [-0.3, -0.25) is 19.2 Å². The van der Waals surface area contributed by atoms with E-state index in [1.165, 1.54) is 11.8 Å². The Balaban J connectivity index is 1.94. The van der Waals surface area contributed by atoms with Gasteiger partial charge in [-0.1, -0.05) is 23.7 Å². The van der Waals surface area contributed by atoms with E-state index in [4.69, 9.17) is 11.6 Å². The largest absolute Gasteiger partial charge is 0.355 e. The number of ketones is 1. The third-order valence-electron chi connectivity index (χ3n) is 3.91. The third kappa shape index (κ3) is 5.29. The van der Waals surface area contributed by atoms with Crippen LogP contribution in [0.1, 0.15) is 25.3 Å². The maximum absolute atomic E-state index is 12.4. The van der Waals surface area contributed by atoms with Crippen molar-refractivity contribution in [3.05, 3.63) is 34.9 Å². The minimum atomic E-state index is -0.760. The molecule has 0 spiro atoms. The van der Waals surface area contributed by atoms with Crippen molar-refractivity contribution in [2.45, 2.75) is 32.4 Å². The van der Waals surface area contributed by atoms with Gasteiger partial charge in [-0.15, -0.1) is 0 Å². The number of nitrogens with zero attached hydrogens (tertiary/aromatic N) is 1. The van der Waals surface area contributed by atoms with Crippen molar-refractivity contribution in [2.24, 2.45) is 0 Å². The van der Waals surface area contributed by atoms with Crippen LogP contribution < -0.4 is 10.6 Å². The number of benzene rings is 1. The number of carbonyl (C=O) groups is 4. The maximum Gasteiger partial charge on any atom is 0.289 e. The fourth-order valence-electron chi connectivity index (χ4n) is 2.64. The van der Waals surface area contributed by atoms with E-state index in [1.807, 2.05) is 0 Å². The van der Waals surface area contributed by atoms with E-state index in [1.54, 1.807) is 24.3 Å². The standard InChI is InChI=1S/C17H20ClN3O4/c1-11(22)19-8-9-20-17(25)16(24)14-6-7-15(23)21(14)10-12-2-4-13(18)5-3-12/h2-5,14H,6-10H2,1H3,(H,19,22)(H,20,25). The molecular formula is C17H20ClN3O4. The van der Waals surface area contributed by atoms with E-state index < -0.39 is 17.7 Å². The average molecular weight is 366 g/mol. The number of likely N-dealkylation sites (tertiary alicyclic amines) is 1. The van der Waals surface area contributed by atoms with Crippen molar-refractivity contribution in [1.82, 2.24) is 15.5 Å². The summed E-state index contributed by atoms with van der Waals surface area (Å²) in [4.78, 5) is 48.6. The number of Topliss-reactive ketones (excluding diaryl/α,β-unsaturated/α-hetero) is 1. The predicted molar refractivity (Wildman–Crippen MR) is 91.7 cm³/mol. The number of hydrogen-bond acceptors (Lipinski definition) is 4. The molecule has 1 atom stereocenters. The van der Waals surface area contributed by atoms with Gasteiger partial charge < -0.3 is 15.5 Å². The lowest BCUT2D eigenvalue weighted by Gasteiger charge is -2.23. The summed E-state index contributed by atoms with van der Waals surface area (Å²) in [6, 6.07) is 6.22. The quantitative estimate of drug-likeness (QED) is 0.548. The molecule has 0 saturated carbocycles. The summed E-state index contributed by atoms with van der Waals surface area (Å²) in [5.41, 5.74) is 0.837. The van der Waals surface area contributed by atoms with Crippen LogP contribution in [0, 0.1) is 0 Å². The highest BCUT2D eigenvalue weighted by atomic mass is 35.5. The van der Waals surface area contributed by atoms with E-state index in [9.17, 15) is 19.2 Å². The van der Waals surface area contributed by atoms with Crippen molar-refractivity contribution in [3.8, 4) is 0 Å². The van der Waals surface area contributed by atoms with Crippen LogP contribution in [0.25, 0.3) is 0 Å². The first kappa shape index (κ1) is 18.9. The summed E-state index contributed by atoms with van der Waals surface area (Å²) in [7, 11) is 0. The highest BCUT2D eigenvalue weighted by Crippen LogP contribution is 2.23. The highest BCUT2D eigenvalue weighted by Gasteiger charge is 2.38. The summed E-state index contributed by atoms with van der Waals surface area (Å²) in [5.74, 6) is -1.75. The van der Waals surface area contributed by atoms with Crippen LogP contribution in [0.15, 0.2) is 24.3 Å². The zero-order valence-electron chi connectivity index (χ0n) is 13.9. The zero-order chi connectivity index (χ0) is 18.4. The summed E-state index contributed by atoms with van der Waals surface area (Å²) < 4.78 is 0. The van der Waals surface area contributed by atoms with Crippen LogP contribution >= 0.6 is 11.6 Å². The Kier molecular flexibility index (Phi) is 6.52. The van der Waals surface area contributed by atoms with Crippen LogP contribution in [-0.4, -0.2) is 47.5 Å². The second-order valence-electron chi connectivity index (χ2n) is 5.81. The van der Waals surface area contributed by atoms with Gasteiger partial charge in [0.25, 0.3) is 5.91 Å². The molecule has 1 aromatic carbocycles. The van der Waals surface area contributed by atoms with Crippen molar-refractivity contribution in [1.29, 1.82) is 0 Å². The van der Waals surface area contributed by atoms with Crippen LogP contribution in [-0.2, 0) is 25.7 Å². The Morgan fingerprint density at radius 1 is 1.16 bits per heavy atom. The van der Waals surface area contributed by atoms with Crippen molar-refractivity contribution in [2.75, 3.05) is 13.1 Å². The van der Waals surface area contributed by atoms with Gasteiger partial charge >= 0.3 is 0 Å². The average Bonchev–Trinajstić information content (AvgIpc) is 2.93. The molecule has 1 aliphatic heterocycles. The van der Waals surface area contributed by atoms with Gasteiger partial charge in [0.05, 0.1) is 0 Å². The number of rotatable bonds is 7. The van der Waals surface area contributed by atoms with Gasteiger partial charge in [0.2, 0.25) is 17.6 Å². The Bertz CT molecular complexity index is 675. The minimum Gasteiger partial charge on any atom is -0.355 e. The first-order chi connectivity index (χ1) is 11.9. The zero-order valence-corrected chi connectivity index (χ0v) is 14.6. The van der Waals surface area contributed by atoms with E-state index in [0.29, 0.717) is 11.4 Å².